The average Bonchev–Trinajstić information content (AvgIpc) is 1.39. The molecule has 9 fully saturated rings. The van der Waals surface area contributed by atoms with Gasteiger partial charge in [0.1, 0.15) is 104 Å². The molecular formula is C58H95NaO28S. The summed E-state index contributed by atoms with van der Waals surface area (Å²) in [6.45, 7) is 17.3. The number of epoxide rings is 1. The maximum absolute atomic E-state index is 12.5. The predicted octanol–water partition coefficient (Wildman–Crippen LogP) is -5.57. The van der Waals surface area contributed by atoms with Gasteiger partial charge in [-0.2, -0.15) is 0 Å². The van der Waals surface area contributed by atoms with Crippen molar-refractivity contribution in [3.05, 3.63) is 11.6 Å². The molecule has 0 aromatic rings. The molecule has 502 valence electrons. The Morgan fingerprint density at radius 2 is 1.11 bits per heavy atom. The smallest absolute Gasteiger partial charge is 0.726 e. The molecule has 5 unspecified atom stereocenters. The topological polar surface area (TPSA) is 434 Å². The molecule has 28 nitrogen and oxygen atoms in total. The van der Waals surface area contributed by atoms with Crippen LogP contribution in [-0.2, 0) is 66.7 Å². The minimum Gasteiger partial charge on any atom is -0.726 e. The number of aliphatic hydroxyl groups excluding tert-OH is 12. The maximum atomic E-state index is 12.5. The summed E-state index contributed by atoms with van der Waals surface area (Å²) >= 11 is 0. The molecule has 0 bridgehead atoms. The van der Waals surface area contributed by atoms with Gasteiger partial charge in [-0.3, -0.25) is 4.18 Å². The van der Waals surface area contributed by atoms with Crippen LogP contribution in [0.5, 0.6) is 0 Å². The van der Waals surface area contributed by atoms with Crippen LogP contribution < -0.4 is 29.6 Å². The van der Waals surface area contributed by atoms with Gasteiger partial charge in [-0.1, -0.05) is 46.3 Å². The van der Waals surface area contributed by atoms with Crippen LogP contribution in [0.1, 0.15) is 114 Å². The van der Waals surface area contributed by atoms with Crippen molar-refractivity contribution in [2.75, 3.05) is 6.61 Å². The Labute approximate surface area is 535 Å². The fraction of sp³-hybridized carbons (Fsp3) is 0.966. The van der Waals surface area contributed by atoms with Crippen molar-refractivity contribution in [2.24, 2.45) is 46.3 Å². The van der Waals surface area contributed by atoms with E-state index < -0.39 is 205 Å². The van der Waals surface area contributed by atoms with Gasteiger partial charge in [0.2, 0.25) is 10.4 Å². The summed E-state index contributed by atoms with van der Waals surface area (Å²) in [5.74, 6) is -0.278. The van der Waals surface area contributed by atoms with E-state index >= 15 is 0 Å². The molecule has 6 aliphatic heterocycles. The number of allylic oxidation sites excluding steroid dienone is 2. The summed E-state index contributed by atoms with van der Waals surface area (Å²) in [6.07, 6.45) is -39.3. The second-order valence-electron chi connectivity index (χ2n) is 27.8. The van der Waals surface area contributed by atoms with Crippen LogP contribution in [0.3, 0.4) is 0 Å². The van der Waals surface area contributed by atoms with Gasteiger partial charge in [0.15, 0.2) is 31.5 Å². The van der Waals surface area contributed by atoms with Gasteiger partial charge in [-0.15, -0.1) is 0 Å². The second-order valence-corrected chi connectivity index (χ2v) is 28.8. The van der Waals surface area contributed by atoms with Crippen molar-refractivity contribution in [1.29, 1.82) is 0 Å². The van der Waals surface area contributed by atoms with E-state index in [-0.39, 0.29) is 78.3 Å². The monoisotopic (exact) mass is 1290 g/mol. The number of aliphatic hydroxyl groups is 13. The third-order valence-corrected chi connectivity index (χ3v) is 22.6. The molecule has 4 aliphatic carbocycles. The molecule has 13 N–H and O–H groups in total. The van der Waals surface area contributed by atoms with E-state index in [1.807, 2.05) is 6.92 Å². The van der Waals surface area contributed by atoms with Crippen LogP contribution in [0.2, 0.25) is 0 Å². The molecule has 10 aliphatic rings. The summed E-state index contributed by atoms with van der Waals surface area (Å²) in [5, 5.41) is 147. The van der Waals surface area contributed by atoms with E-state index in [4.69, 9.17) is 56.3 Å². The van der Waals surface area contributed by atoms with Crippen LogP contribution in [0.4, 0.5) is 0 Å². The van der Waals surface area contributed by atoms with Gasteiger partial charge in [0, 0.05) is 0 Å². The van der Waals surface area contributed by atoms with E-state index in [0.29, 0.717) is 31.6 Å². The van der Waals surface area contributed by atoms with Gasteiger partial charge in [-0.25, -0.2) is 8.42 Å². The molecule has 0 aromatic heterocycles. The van der Waals surface area contributed by atoms with E-state index in [1.165, 1.54) is 27.7 Å². The number of rotatable bonds is 17. The Morgan fingerprint density at radius 1 is 0.602 bits per heavy atom. The molecule has 0 radical (unpaired) electrons. The first kappa shape index (κ1) is 71.9. The molecule has 0 spiro atoms. The van der Waals surface area contributed by atoms with Gasteiger partial charge in [0.05, 0.1) is 54.9 Å². The first-order chi connectivity index (χ1) is 40.6. The van der Waals surface area contributed by atoms with Gasteiger partial charge >= 0.3 is 29.6 Å². The Hall–Kier alpha value is -0.350. The predicted molar refractivity (Wildman–Crippen MR) is 292 cm³/mol. The van der Waals surface area contributed by atoms with Crippen molar-refractivity contribution in [3.8, 4) is 0 Å². The first-order valence-electron chi connectivity index (χ1n) is 31.0. The summed E-state index contributed by atoms with van der Waals surface area (Å²) < 4.78 is 109. The van der Waals surface area contributed by atoms with Crippen molar-refractivity contribution in [3.63, 3.8) is 0 Å². The number of fused-ring (bicyclic) bond motifs is 5. The summed E-state index contributed by atoms with van der Waals surface area (Å²) in [4.78, 5) is 0. The molecule has 6 heterocycles. The minimum atomic E-state index is -5.15. The third-order valence-electron chi connectivity index (χ3n) is 22.1. The summed E-state index contributed by atoms with van der Waals surface area (Å²) in [7, 11) is -5.15. The van der Waals surface area contributed by atoms with Gasteiger partial charge < -0.3 is 123 Å². The van der Waals surface area contributed by atoms with E-state index in [9.17, 15) is 79.4 Å². The van der Waals surface area contributed by atoms with Crippen molar-refractivity contribution in [2.45, 2.75) is 298 Å². The molecular weight excluding hydrogens is 1200 g/mol. The van der Waals surface area contributed by atoms with Crippen molar-refractivity contribution >= 4 is 10.4 Å². The first-order valence-corrected chi connectivity index (χ1v) is 32.3. The number of hydrogen-bond donors (Lipinski definition) is 13. The van der Waals surface area contributed by atoms with Crippen LogP contribution in [0.25, 0.3) is 0 Å². The summed E-state index contributed by atoms with van der Waals surface area (Å²) in [6, 6.07) is 0. The molecule has 30 heteroatoms. The Bertz CT molecular complexity index is 2500. The van der Waals surface area contributed by atoms with Crippen molar-refractivity contribution < 1.29 is 165 Å². The molecule has 10 rings (SSSR count). The zero-order valence-electron chi connectivity index (χ0n) is 51.8. The van der Waals surface area contributed by atoms with E-state index in [0.717, 1.165) is 12.0 Å². The molecule has 37 atom stereocenters. The van der Waals surface area contributed by atoms with Gasteiger partial charge in [0.25, 0.3) is 0 Å². The Morgan fingerprint density at radius 3 is 1.67 bits per heavy atom. The standard InChI is InChI=1S/C58H96O28S.Na/c1-20(2)21(3)45-50(81-45)58(10,71)33-12-11-28-27-18-31(30-17-26(86-87(72,73)74)13-15-56(30,8)29(27)14-16-57(28,33)9)79-53-44(70)47(37(63)32(19-59)80-53)83-55-49(85-52-42(68)39(65)35(61)23(5)76-52)43(69)46(25(7)78-55)82-54-48(40(66)36(62)24(6)77-54)84-51-41(67)38(64)34(60)22(4)75-51;/h14,20-28,30-55,59-71H,11-13,15-19H2,1-10H3,(H,72,73,74);/q;+1/p-1/t21-,22+,23+,24+,25+,26+,27?,28?,30?,31-,32+,33-,34-,35+,36-,37+,38-,39-,40-,41+,42+,43-,44+,45?,46+,47-,48+,49+,50?,51-,52-,53+,54-,55-,56+,57-,58+;/m0./s1. The Balaban J connectivity index is 0.00000922. The molecule has 3 saturated carbocycles. The van der Waals surface area contributed by atoms with Crippen LogP contribution in [0.15, 0.2) is 11.6 Å². The van der Waals surface area contributed by atoms with E-state index in [2.05, 4.69) is 40.7 Å². The van der Waals surface area contributed by atoms with Gasteiger partial charge in [-0.05, 0) is 126 Å². The normalized spacial score (nSPS) is 53.4. The van der Waals surface area contributed by atoms with Crippen molar-refractivity contribution in [1.82, 2.24) is 0 Å². The fourth-order valence-electron chi connectivity index (χ4n) is 16.5. The third kappa shape index (κ3) is 13.4. The van der Waals surface area contributed by atoms with Crippen LogP contribution in [0, 0.1) is 46.3 Å². The Kier molecular flexibility index (Phi) is 22.3. The van der Waals surface area contributed by atoms with E-state index in [1.54, 1.807) is 0 Å². The molecule has 0 aromatic carbocycles. The number of ether oxygens (including phenoxy) is 11. The average molecular weight is 1300 g/mol. The van der Waals surface area contributed by atoms with Crippen LogP contribution in [-0.4, -0.2) is 270 Å². The second kappa shape index (κ2) is 27.3. The SMILES string of the molecule is CC(C)[C@H](C)C1OC1[C@](C)(O)[C@H]1CCC2C3C[C@H](O[C@@H]4O[C@H](CO)[C@@H](O)[C@H](O[C@@H]5O[C@H](C)[C@@H](O[C@@H]6O[C@H](C)[C@H](O)[C@H](O)[C@H]6O[C@@H]6O[C@H](C)[C@H](O)[C@H](O)[C@H]6O)[C@H](O)[C@H]5O[C@@H]5O[C@H](C)[C@@H](O)[C@H](O)[C@H]5O)[C@H]4O)C4C[C@H](OS(=O)(=O)[O-])CC[C@]4(C)C3=CC[C@@]21C.[Na+]. The largest absolute Gasteiger partial charge is 1.00 e. The fourth-order valence-corrected chi connectivity index (χ4v) is 17.0. The molecule has 0 amide bonds. The maximum Gasteiger partial charge on any atom is 1.00 e. The number of hydrogen-bond acceptors (Lipinski definition) is 28. The van der Waals surface area contributed by atoms with Crippen LogP contribution >= 0.6 is 0 Å². The minimum absolute atomic E-state index is 0. The zero-order chi connectivity index (χ0) is 63.6. The molecule has 6 saturated heterocycles. The molecule has 88 heavy (non-hydrogen) atoms. The zero-order valence-corrected chi connectivity index (χ0v) is 54.6. The summed E-state index contributed by atoms with van der Waals surface area (Å²) in [5.41, 5.74) is -1.10. The quantitative estimate of drug-likeness (QED) is 0.0212.